The van der Waals surface area contributed by atoms with E-state index in [2.05, 4.69) is 123 Å². The monoisotopic (exact) mass is 1180 g/mol. The van der Waals surface area contributed by atoms with Crippen molar-refractivity contribution in [3.05, 3.63) is 109 Å². The third kappa shape index (κ3) is 63.0. The van der Waals surface area contributed by atoms with E-state index in [9.17, 15) is 19.0 Å². The number of carbonyl (C=O) groups excluding carboxylic acids is 2. The van der Waals surface area contributed by atoms with E-state index in [4.69, 9.17) is 13.8 Å². The van der Waals surface area contributed by atoms with Crippen LogP contribution in [0.2, 0.25) is 0 Å². The number of nitrogens with zero attached hydrogens (tertiary/aromatic N) is 1. The fourth-order valence-electron chi connectivity index (χ4n) is 9.44. The summed E-state index contributed by atoms with van der Waals surface area (Å²) in [7, 11) is 1.48. The molecule has 0 spiro atoms. The number of amides is 1. The summed E-state index contributed by atoms with van der Waals surface area (Å²) in [6, 6.07) is -0.862. The van der Waals surface area contributed by atoms with Gasteiger partial charge in [0.15, 0.2) is 0 Å². The molecule has 0 aliphatic rings. The van der Waals surface area contributed by atoms with Crippen molar-refractivity contribution in [2.45, 2.75) is 303 Å². The smallest absolute Gasteiger partial charge is 0.456 e. The molecule has 0 aromatic rings. The third-order valence-electron chi connectivity index (χ3n) is 14.7. The number of quaternary nitrogens is 1. The molecule has 0 bridgehead atoms. The molecule has 2 N–H and O–H groups in total. The third-order valence-corrected chi connectivity index (χ3v) is 15.7. The second kappa shape index (κ2) is 61.7. The SMILES string of the molecule is CC/C=C\C/C=C\C/C=C\C/C=C\C/C=C\CCCCCCCCCCCC(=O)OC(/C=C/CCCCCCCCCCC)C(COP(=O)(O)OCC[N+](C)(C)C)NC(=O)CCCCCCCCCC/C=C\C/C=C\C/C=C\CCCCC. The Kier molecular flexibility index (Phi) is 59.3. The van der Waals surface area contributed by atoms with Gasteiger partial charge in [-0.15, -0.1) is 0 Å². The zero-order valence-corrected chi connectivity index (χ0v) is 55.6. The van der Waals surface area contributed by atoms with Crippen LogP contribution in [0.15, 0.2) is 109 Å². The van der Waals surface area contributed by atoms with Crippen molar-refractivity contribution in [3.63, 3.8) is 0 Å². The van der Waals surface area contributed by atoms with Gasteiger partial charge in [-0.2, -0.15) is 0 Å². The molecular weight excluding hydrogens is 1050 g/mol. The van der Waals surface area contributed by atoms with Crippen LogP contribution in [0.3, 0.4) is 0 Å². The minimum atomic E-state index is -4.46. The number of likely N-dealkylation sites (N-methyl/N-ethyl adjacent to an activating group) is 1. The van der Waals surface area contributed by atoms with Gasteiger partial charge in [0, 0.05) is 12.8 Å². The number of esters is 1. The van der Waals surface area contributed by atoms with Gasteiger partial charge in [0.2, 0.25) is 5.91 Å². The molecule has 0 rings (SSSR count). The Labute approximate surface area is 512 Å². The summed E-state index contributed by atoms with van der Waals surface area (Å²) >= 11 is 0. The Morgan fingerprint density at radius 3 is 1.18 bits per heavy atom. The van der Waals surface area contributed by atoms with Crippen LogP contribution >= 0.6 is 7.82 Å². The van der Waals surface area contributed by atoms with Crippen LogP contribution in [0, 0.1) is 0 Å². The average Bonchev–Trinajstić information content (AvgIpc) is 3.51. The van der Waals surface area contributed by atoms with Crippen molar-refractivity contribution in [1.29, 1.82) is 0 Å². The van der Waals surface area contributed by atoms with E-state index in [0.29, 0.717) is 17.4 Å². The highest BCUT2D eigenvalue weighted by atomic mass is 31.2. The lowest BCUT2D eigenvalue weighted by molar-refractivity contribution is -0.870. The summed E-state index contributed by atoms with van der Waals surface area (Å²) in [6.07, 6.45) is 85.2. The molecule has 0 radical (unpaired) electrons. The second-order valence-electron chi connectivity index (χ2n) is 24.0. The van der Waals surface area contributed by atoms with Crippen molar-refractivity contribution >= 4 is 19.7 Å². The fourth-order valence-corrected chi connectivity index (χ4v) is 10.2. The molecule has 0 fully saturated rings. The first kappa shape index (κ1) is 79.7. The molecule has 83 heavy (non-hydrogen) atoms. The number of nitrogens with one attached hydrogen (secondary N) is 1. The molecular formula is C73H130N2O7P+. The predicted octanol–water partition coefficient (Wildman–Crippen LogP) is 21.7. The molecule has 9 nitrogen and oxygen atoms in total. The van der Waals surface area contributed by atoms with Crippen molar-refractivity contribution in [1.82, 2.24) is 5.32 Å². The van der Waals surface area contributed by atoms with E-state index >= 15 is 0 Å². The molecule has 478 valence electrons. The lowest BCUT2D eigenvalue weighted by Crippen LogP contribution is -2.47. The summed E-state index contributed by atoms with van der Waals surface area (Å²) in [6.45, 7) is 6.86. The highest BCUT2D eigenvalue weighted by Gasteiger charge is 2.30. The summed E-state index contributed by atoms with van der Waals surface area (Å²) in [4.78, 5) is 37.8. The summed E-state index contributed by atoms with van der Waals surface area (Å²) in [5.74, 6) is -0.522. The lowest BCUT2D eigenvalue weighted by atomic mass is 10.0. The van der Waals surface area contributed by atoms with Gasteiger partial charge in [0.05, 0.1) is 33.8 Å². The van der Waals surface area contributed by atoms with Gasteiger partial charge in [0.25, 0.3) is 0 Å². The maximum absolute atomic E-state index is 13.6. The van der Waals surface area contributed by atoms with Crippen LogP contribution in [0.1, 0.15) is 290 Å². The second-order valence-corrected chi connectivity index (χ2v) is 25.4. The van der Waals surface area contributed by atoms with E-state index in [0.717, 1.165) is 128 Å². The number of unbranched alkanes of at least 4 members (excludes halogenated alkanes) is 29. The van der Waals surface area contributed by atoms with Gasteiger partial charge < -0.3 is 19.4 Å². The van der Waals surface area contributed by atoms with Crippen LogP contribution < -0.4 is 5.32 Å². The Balaban J connectivity index is 5.11. The lowest BCUT2D eigenvalue weighted by Gasteiger charge is -2.27. The zero-order valence-electron chi connectivity index (χ0n) is 54.7. The summed E-state index contributed by atoms with van der Waals surface area (Å²) < 4.78 is 30.8. The van der Waals surface area contributed by atoms with Crippen molar-refractivity contribution in [2.24, 2.45) is 0 Å². The maximum atomic E-state index is 13.6. The molecule has 1 amide bonds. The molecule has 0 aromatic heterocycles. The first-order chi connectivity index (χ1) is 40.4. The molecule has 0 saturated heterocycles. The number of hydrogen-bond acceptors (Lipinski definition) is 6. The molecule has 0 aliphatic heterocycles. The van der Waals surface area contributed by atoms with Crippen molar-refractivity contribution < 1.29 is 37.3 Å². The Bertz CT molecular complexity index is 1790. The van der Waals surface area contributed by atoms with E-state index < -0.39 is 20.0 Å². The average molecular weight is 1180 g/mol. The highest BCUT2D eigenvalue weighted by Crippen LogP contribution is 2.43. The molecule has 0 heterocycles. The van der Waals surface area contributed by atoms with E-state index in [1.807, 2.05) is 33.3 Å². The van der Waals surface area contributed by atoms with Gasteiger partial charge in [-0.05, 0) is 115 Å². The largest absolute Gasteiger partial charge is 0.472 e. The number of hydrogen-bond donors (Lipinski definition) is 2. The normalized spacial score (nSPS) is 14.3. The number of phosphoric acid groups is 1. The van der Waals surface area contributed by atoms with Crippen LogP contribution in [0.25, 0.3) is 0 Å². The van der Waals surface area contributed by atoms with Gasteiger partial charge >= 0.3 is 13.8 Å². The first-order valence-corrected chi connectivity index (χ1v) is 35.7. The molecule has 0 aliphatic carbocycles. The van der Waals surface area contributed by atoms with Crippen LogP contribution in [0.4, 0.5) is 0 Å². The molecule has 0 saturated carbocycles. The van der Waals surface area contributed by atoms with Crippen LogP contribution in [-0.4, -0.2) is 74.3 Å². The minimum Gasteiger partial charge on any atom is -0.456 e. The van der Waals surface area contributed by atoms with Crippen LogP contribution in [0.5, 0.6) is 0 Å². The number of allylic oxidation sites excluding steroid dienone is 17. The topological polar surface area (TPSA) is 111 Å². The first-order valence-electron chi connectivity index (χ1n) is 34.2. The number of ether oxygens (including phenoxy) is 1. The number of phosphoric ester groups is 1. The van der Waals surface area contributed by atoms with E-state index in [1.165, 1.54) is 128 Å². The molecule has 10 heteroatoms. The highest BCUT2D eigenvalue weighted by molar-refractivity contribution is 7.47. The summed E-state index contributed by atoms with van der Waals surface area (Å²) in [5.41, 5.74) is 0. The molecule has 3 atom stereocenters. The van der Waals surface area contributed by atoms with Gasteiger partial charge in [-0.3, -0.25) is 18.6 Å². The maximum Gasteiger partial charge on any atom is 0.472 e. The van der Waals surface area contributed by atoms with E-state index in [1.54, 1.807) is 0 Å². The van der Waals surface area contributed by atoms with Gasteiger partial charge in [0.1, 0.15) is 19.3 Å². The number of carbonyl (C=O) groups is 2. The fraction of sp³-hybridized carbons (Fsp3) is 0.726. The number of rotatable bonds is 61. The van der Waals surface area contributed by atoms with Crippen molar-refractivity contribution in [3.8, 4) is 0 Å². The summed E-state index contributed by atoms with van der Waals surface area (Å²) in [5, 5.41) is 3.06. The zero-order chi connectivity index (χ0) is 60.7. The van der Waals surface area contributed by atoms with Crippen molar-refractivity contribution in [2.75, 3.05) is 40.9 Å². The predicted molar refractivity (Wildman–Crippen MR) is 360 cm³/mol. The molecule has 0 aromatic carbocycles. The Hall–Kier alpha value is -3.33. The Morgan fingerprint density at radius 2 is 0.771 bits per heavy atom. The minimum absolute atomic E-state index is 0.0328. The van der Waals surface area contributed by atoms with E-state index in [-0.39, 0.29) is 31.5 Å². The Morgan fingerprint density at radius 1 is 0.434 bits per heavy atom. The molecule has 3 unspecified atom stereocenters. The standard InChI is InChI=1S/C73H129N2O7P/c1-7-10-13-16-19-22-25-27-29-31-33-35-36-37-38-40-42-44-46-48-51-54-57-60-63-66-73(77)82-71(64-61-58-55-52-49-24-21-18-15-12-9-3)70(69-81-83(78,79)80-68-67-75(4,5)6)74-72(76)65-62-59-56-53-50-47-45-43-41-39-34-32-30-28-26-23-20-17-14-11-8-2/h10,13,19-20,22-23,27-30,33-35,37-39,61,64,70-71H,7-9,11-12,14-18,21,24-26,31-32,36,40-60,62-63,65-69H2,1-6H3,(H-,74,76,78,79)/p+1/b13-10-,22-19-,23-20-,29-27-,30-28-,35-33-,38-37-,39-34-,64-61+. The quantitative estimate of drug-likeness (QED) is 0.0205. The van der Waals surface area contributed by atoms with Gasteiger partial charge in [-0.25, -0.2) is 4.57 Å². The van der Waals surface area contributed by atoms with Crippen LogP contribution in [-0.2, 0) is 27.9 Å². The van der Waals surface area contributed by atoms with Gasteiger partial charge in [-0.1, -0.05) is 272 Å².